The third kappa shape index (κ3) is 2.99. The van der Waals surface area contributed by atoms with Crippen LogP contribution in [0.5, 0.6) is 0 Å². The van der Waals surface area contributed by atoms with Gasteiger partial charge in [-0.1, -0.05) is 28.9 Å². The van der Waals surface area contributed by atoms with Crippen molar-refractivity contribution in [3.05, 3.63) is 59.2 Å². The van der Waals surface area contributed by atoms with Crippen LogP contribution in [-0.4, -0.2) is 23.2 Å². The van der Waals surface area contributed by atoms with Crippen LogP contribution in [0.15, 0.2) is 47.0 Å². The Morgan fingerprint density at radius 1 is 1.04 bits per heavy atom. The summed E-state index contributed by atoms with van der Waals surface area (Å²) in [4.78, 5) is 16.0. The average molecular weight is 308 g/mol. The number of aryl methyl sites for hydroxylation is 2. The summed E-state index contributed by atoms with van der Waals surface area (Å²) in [6.07, 6.45) is 0. The molecule has 0 aliphatic rings. The van der Waals surface area contributed by atoms with Crippen molar-refractivity contribution in [2.45, 2.75) is 13.8 Å². The highest BCUT2D eigenvalue weighted by atomic mass is 16.5. The molecule has 0 bridgehead atoms. The van der Waals surface area contributed by atoms with Gasteiger partial charge in [-0.05, 0) is 43.7 Å². The van der Waals surface area contributed by atoms with E-state index in [1.807, 2.05) is 44.2 Å². The Bertz CT molecular complexity index is 851. The van der Waals surface area contributed by atoms with Crippen molar-refractivity contribution in [3.63, 3.8) is 0 Å². The van der Waals surface area contributed by atoms with Gasteiger partial charge in [-0.15, -0.1) is 0 Å². The van der Waals surface area contributed by atoms with E-state index < -0.39 is 0 Å². The summed E-state index contributed by atoms with van der Waals surface area (Å²) in [5.41, 5.74) is 4.16. The molecular formula is C18H16N2O3. The number of benzene rings is 2. The van der Waals surface area contributed by atoms with E-state index in [2.05, 4.69) is 10.1 Å². The molecule has 0 amide bonds. The van der Waals surface area contributed by atoms with Gasteiger partial charge >= 0.3 is 5.97 Å². The van der Waals surface area contributed by atoms with Crippen molar-refractivity contribution in [2.24, 2.45) is 0 Å². The Hall–Kier alpha value is -2.95. The van der Waals surface area contributed by atoms with Gasteiger partial charge in [0.1, 0.15) is 0 Å². The second-order valence-corrected chi connectivity index (χ2v) is 5.31. The van der Waals surface area contributed by atoms with E-state index in [1.54, 1.807) is 12.1 Å². The number of nitrogens with zero attached hydrogens (tertiary/aromatic N) is 2. The molecule has 0 saturated carbocycles. The van der Waals surface area contributed by atoms with Gasteiger partial charge in [0.2, 0.25) is 5.82 Å². The lowest BCUT2D eigenvalue weighted by atomic mass is 10.0. The fraction of sp³-hybridized carbons (Fsp3) is 0.167. The first-order valence-corrected chi connectivity index (χ1v) is 7.18. The van der Waals surface area contributed by atoms with Crippen LogP contribution in [0.25, 0.3) is 22.8 Å². The number of carbonyl (C=O) groups excluding carboxylic acids is 1. The molecule has 0 radical (unpaired) electrons. The molecule has 0 N–H and O–H groups in total. The standard InChI is InChI=1S/C18H16N2O3/c1-11-4-6-13(7-5-11)17-19-16(20-23-17)14-8-9-15(12(2)10-14)18(21)22-3/h4-10H,1-3H3. The van der Waals surface area contributed by atoms with Crippen molar-refractivity contribution in [3.8, 4) is 22.8 Å². The third-order valence-electron chi connectivity index (χ3n) is 3.61. The van der Waals surface area contributed by atoms with Gasteiger partial charge in [0.25, 0.3) is 5.89 Å². The molecule has 0 atom stereocenters. The molecule has 0 saturated heterocycles. The Labute approximate surface area is 133 Å². The van der Waals surface area contributed by atoms with Crippen LogP contribution < -0.4 is 0 Å². The Balaban J connectivity index is 1.93. The first-order chi connectivity index (χ1) is 11.1. The Morgan fingerprint density at radius 2 is 1.74 bits per heavy atom. The number of methoxy groups -OCH3 is 1. The molecule has 0 aliphatic carbocycles. The number of hydrogen-bond acceptors (Lipinski definition) is 5. The molecule has 0 spiro atoms. The molecule has 0 unspecified atom stereocenters. The zero-order chi connectivity index (χ0) is 16.4. The van der Waals surface area contributed by atoms with Crippen LogP contribution >= 0.6 is 0 Å². The zero-order valence-electron chi connectivity index (χ0n) is 13.2. The van der Waals surface area contributed by atoms with Crippen molar-refractivity contribution >= 4 is 5.97 Å². The van der Waals surface area contributed by atoms with Crippen LogP contribution in [0.1, 0.15) is 21.5 Å². The molecule has 5 heteroatoms. The normalized spacial score (nSPS) is 10.6. The van der Waals surface area contributed by atoms with Crippen molar-refractivity contribution < 1.29 is 14.1 Å². The molecular weight excluding hydrogens is 292 g/mol. The lowest BCUT2D eigenvalue weighted by molar-refractivity contribution is 0.0600. The minimum Gasteiger partial charge on any atom is -0.465 e. The molecule has 1 heterocycles. The summed E-state index contributed by atoms with van der Waals surface area (Å²) < 4.78 is 10.1. The molecule has 1 aromatic heterocycles. The van der Waals surface area contributed by atoms with E-state index in [-0.39, 0.29) is 5.97 Å². The van der Waals surface area contributed by atoms with E-state index in [0.717, 1.165) is 16.7 Å². The summed E-state index contributed by atoms with van der Waals surface area (Å²) in [5, 5.41) is 4.02. The molecule has 23 heavy (non-hydrogen) atoms. The fourth-order valence-electron chi connectivity index (χ4n) is 2.30. The molecule has 3 rings (SSSR count). The quantitative estimate of drug-likeness (QED) is 0.688. The molecule has 116 valence electrons. The van der Waals surface area contributed by atoms with Crippen LogP contribution in [0.2, 0.25) is 0 Å². The van der Waals surface area contributed by atoms with Crippen LogP contribution in [-0.2, 0) is 4.74 Å². The largest absolute Gasteiger partial charge is 0.465 e. The zero-order valence-corrected chi connectivity index (χ0v) is 13.2. The van der Waals surface area contributed by atoms with E-state index in [0.29, 0.717) is 17.3 Å². The number of rotatable bonds is 3. The van der Waals surface area contributed by atoms with Gasteiger partial charge in [0.05, 0.1) is 12.7 Å². The molecule has 2 aromatic carbocycles. The first-order valence-electron chi connectivity index (χ1n) is 7.18. The third-order valence-corrected chi connectivity index (χ3v) is 3.61. The van der Waals surface area contributed by atoms with Gasteiger partial charge in [0.15, 0.2) is 0 Å². The highest BCUT2D eigenvalue weighted by molar-refractivity contribution is 5.91. The maximum Gasteiger partial charge on any atom is 0.338 e. The monoisotopic (exact) mass is 308 g/mol. The number of ether oxygens (including phenoxy) is 1. The lowest BCUT2D eigenvalue weighted by Crippen LogP contribution is -2.03. The topological polar surface area (TPSA) is 65.2 Å². The molecule has 0 aliphatic heterocycles. The summed E-state index contributed by atoms with van der Waals surface area (Å²) in [7, 11) is 1.36. The SMILES string of the molecule is COC(=O)c1ccc(-c2noc(-c3ccc(C)cc3)n2)cc1C. The number of aromatic nitrogens is 2. The molecule has 5 nitrogen and oxygen atoms in total. The number of esters is 1. The summed E-state index contributed by atoms with van der Waals surface area (Å²) in [6.45, 7) is 3.87. The summed E-state index contributed by atoms with van der Waals surface area (Å²) in [6, 6.07) is 13.2. The summed E-state index contributed by atoms with van der Waals surface area (Å²) >= 11 is 0. The first kappa shape index (κ1) is 15.0. The van der Waals surface area contributed by atoms with E-state index in [1.165, 1.54) is 12.7 Å². The van der Waals surface area contributed by atoms with E-state index in [4.69, 9.17) is 9.26 Å². The number of carbonyl (C=O) groups is 1. The van der Waals surface area contributed by atoms with Crippen LogP contribution in [0.3, 0.4) is 0 Å². The lowest BCUT2D eigenvalue weighted by Gasteiger charge is -2.04. The Kier molecular flexibility index (Phi) is 3.93. The molecule has 0 fully saturated rings. The second-order valence-electron chi connectivity index (χ2n) is 5.31. The predicted molar refractivity (Wildman–Crippen MR) is 86.0 cm³/mol. The minimum atomic E-state index is -0.359. The molecule has 3 aromatic rings. The van der Waals surface area contributed by atoms with Crippen LogP contribution in [0, 0.1) is 13.8 Å². The van der Waals surface area contributed by atoms with Gasteiger partial charge in [-0.25, -0.2) is 4.79 Å². The average Bonchev–Trinajstić information content (AvgIpc) is 3.04. The second kappa shape index (κ2) is 6.04. The predicted octanol–water partition coefficient (Wildman–Crippen LogP) is 3.81. The van der Waals surface area contributed by atoms with Crippen molar-refractivity contribution in [1.29, 1.82) is 0 Å². The van der Waals surface area contributed by atoms with Crippen molar-refractivity contribution in [2.75, 3.05) is 7.11 Å². The van der Waals surface area contributed by atoms with Crippen LogP contribution in [0.4, 0.5) is 0 Å². The number of hydrogen-bond donors (Lipinski definition) is 0. The smallest absolute Gasteiger partial charge is 0.338 e. The summed E-state index contributed by atoms with van der Waals surface area (Å²) in [5.74, 6) is 0.595. The van der Waals surface area contributed by atoms with Gasteiger partial charge in [0, 0.05) is 11.1 Å². The van der Waals surface area contributed by atoms with Gasteiger partial charge < -0.3 is 9.26 Å². The maximum atomic E-state index is 11.6. The minimum absolute atomic E-state index is 0.359. The maximum absolute atomic E-state index is 11.6. The van der Waals surface area contributed by atoms with Gasteiger partial charge in [-0.3, -0.25) is 0 Å². The van der Waals surface area contributed by atoms with Crippen molar-refractivity contribution in [1.82, 2.24) is 10.1 Å². The Morgan fingerprint density at radius 3 is 2.39 bits per heavy atom. The fourth-order valence-corrected chi connectivity index (χ4v) is 2.30. The van der Waals surface area contributed by atoms with Gasteiger partial charge in [-0.2, -0.15) is 4.98 Å². The highest BCUT2D eigenvalue weighted by Gasteiger charge is 2.14. The van der Waals surface area contributed by atoms with E-state index in [9.17, 15) is 4.79 Å². The highest BCUT2D eigenvalue weighted by Crippen LogP contribution is 2.24. The van der Waals surface area contributed by atoms with E-state index >= 15 is 0 Å².